The highest BCUT2D eigenvalue weighted by Crippen LogP contribution is 2.20. The summed E-state index contributed by atoms with van der Waals surface area (Å²) in [4.78, 5) is 43.1. The lowest BCUT2D eigenvalue weighted by Gasteiger charge is -2.33. The molecule has 0 saturated carbocycles. The van der Waals surface area contributed by atoms with Gasteiger partial charge in [0.05, 0.1) is 12.1 Å². The minimum atomic E-state index is -0.536. The fourth-order valence-corrected chi connectivity index (χ4v) is 4.18. The molecular weight excluding hydrogens is 428 g/mol. The Bertz CT molecular complexity index is 939. The molecule has 1 fully saturated rings. The van der Waals surface area contributed by atoms with E-state index in [0.717, 1.165) is 12.8 Å². The molecule has 1 aromatic heterocycles. The Morgan fingerprint density at radius 2 is 1.97 bits per heavy atom. The van der Waals surface area contributed by atoms with Crippen LogP contribution in [0.25, 0.3) is 0 Å². The molecule has 3 amide bonds. The summed E-state index contributed by atoms with van der Waals surface area (Å²) in [5, 5.41) is 7.84. The predicted molar refractivity (Wildman–Crippen MR) is 124 cm³/mol. The molecular formula is C23H30N4O4S. The molecule has 0 radical (unpaired) electrons. The number of carbonyl (C=O) groups excluding carboxylic acids is 3. The van der Waals surface area contributed by atoms with Crippen molar-refractivity contribution in [2.24, 2.45) is 5.92 Å². The highest BCUT2D eigenvalue weighted by atomic mass is 32.1. The maximum Gasteiger partial charge on any atom is 0.407 e. The van der Waals surface area contributed by atoms with Crippen LogP contribution in [0.15, 0.2) is 35.7 Å². The van der Waals surface area contributed by atoms with Crippen LogP contribution in [0.5, 0.6) is 0 Å². The lowest BCUT2D eigenvalue weighted by Crippen LogP contribution is -2.45. The number of hydrogen-bond donors (Lipinski definition) is 2. The Balaban J connectivity index is 1.47. The molecule has 1 aliphatic heterocycles. The zero-order chi connectivity index (χ0) is 23.1. The number of benzene rings is 1. The second kappa shape index (κ2) is 10.6. The summed E-state index contributed by atoms with van der Waals surface area (Å²) in [6, 6.07) is 8.92. The molecule has 9 heteroatoms. The van der Waals surface area contributed by atoms with E-state index in [2.05, 4.69) is 15.6 Å². The van der Waals surface area contributed by atoms with Crippen molar-refractivity contribution in [2.45, 2.75) is 45.6 Å². The summed E-state index contributed by atoms with van der Waals surface area (Å²) in [6.07, 6.45) is 1.59. The van der Waals surface area contributed by atoms with Crippen molar-refractivity contribution >= 4 is 34.4 Å². The molecule has 2 N–H and O–H groups in total. The zero-order valence-corrected chi connectivity index (χ0v) is 19.5. The molecule has 2 aromatic rings. The van der Waals surface area contributed by atoms with Crippen LogP contribution in [0.1, 0.15) is 49.7 Å². The van der Waals surface area contributed by atoms with Crippen molar-refractivity contribution in [1.29, 1.82) is 0 Å². The van der Waals surface area contributed by atoms with Gasteiger partial charge >= 0.3 is 6.09 Å². The third kappa shape index (κ3) is 7.33. The number of alkyl carbamates (subject to hydrolysis) is 1. The van der Waals surface area contributed by atoms with Gasteiger partial charge in [-0.15, -0.1) is 11.3 Å². The maximum atomic E-state index is 12.8. The Morgan fingerprint density at radius 1 is 1.22 bits per heavy atom. The van der Waals surface area contributed by atoms with Gasteiger partial charge in [-0.05, 0) is 51.7 Å². The fraction of sp³-hybridized carbons (Fsp3) is 0.478. The van der Waals surface area contributed by atoms with E-state index in [-0.39, 0.29) is 24.2 Å². The molecule has 1 aliphatic rings. The van der Waals surface area contributed by atoms with Crippen molar-refractivity contribution in [3.8, 4) is 0 Å². The Kier molecular flexibility index (Phi) is 7.84. The number of amides is 3. The summed E-state index contributed by atoms with van der Waals surface area (Å²) in [5.74, 6) is -0.0382. The van der Waals surface area contributed by atoms with E-state index >= 15 is 0 Å². The first-order valence-corrected chi connectivity index (χ1v) is 11.6. The van der Waals surface area contributed by atoms with E-state index in [0.29, 0.717) is 36.0 Å². The van der Waals surface area contributed by atoms with Crippen LogP contribution in [-0.4, -0.2) is 53.0 Å². The molecule has 172 valence electrons. The number of nitrogens with zero attached hydrogens (tertiary/aromatic N) is 2. The molecule has 0 spiro atoms. The summed E-state index contributed by atoms with van der Waals surface area (Å²) >= 11 is 1.30. The number of thiazole rings is 1. The van der Waals surface area contributed by atoms with Gasteiger partial charge < -0.3 is 15.0 Å². The van der Waals surface area contributed by atoms with Crippen LogP contribution in [0.3, 0.4) is 0 Å². The van der Waals surface area contributed by atoms with Gasteiger partial charge in [-0.2, -0.15) is 0 Å². The summed E-state index contributed by atoms with van der Waals surface area (Å²) in [7, 11) is 0. The number of aromatic nitrogens is 1. The molecule has 0 unspecified atom stereocenters. The van der Waals surface area contributed by atoms with Crippen LogP contribution < -0.4 is 10.6 Å². The SMILES string of the molecule is CC(C)(C)OC(=O)NC[C@H]1CCCN(C(=O)Cc2csc(NC(=O)c3ccccc3)n2)C1. The lowest BCUT2D eigenvalue weighted by atomic mass is 9.97. The van der Waals surface area contributed by atoms with Crippen LogP contribution in [-0.2, 0) is 16.0 Å². The van der Waals surface area contributed by atoms with E-state index in [1.165, 1.54) is 11.3 Å². The molecule has 2 heterocycles. The van der Waals surface area contributed by atoms with Crippen molar-refractivity contribution < 1.29 is 19.1 Å². The van der Waals surface area contributed by atoms with Crippen molar-refractivity contribution in [1.82, 2.24) is 15.2 Å². The highest BCUT2D eigenvalue weighted by Gasteiger charge is 2.25. The number of anilines is 1. The molecule has 1 saturated heterocycles. The van der Waals surface area contributed by atoms with Gasteiger partial charge in [0.25, 0.3) is 5.91 Å². The van der Waals surface area contributed by atoms with E-state index in [4.69, 9.17) is 4.74 Å². The highest BCUT2D eigenvalue weighted by molar-refractivity contribution is 7.14. The van der Waals surface area contributed by atoms with Gasteiger partial charge in [0, 0.05) is 30.6 Å². The average Bonchev–Trinajstić information content (AvgIpc) is 3.18. The second-order valence-corrected chi connectivity index (χ2v) is 9.73. The zero-order valence-electron chi connectivity index (χ0n) is 18.7. The lowest BCUT2D eigenvalue weighted by molar-refractivity contribution is -0.132. The van der Waals surface area contributed by atoms with Gasteiger partial charge in [-0.25, -0.2) is 9.78 Å². The van der Waals surface area contributed by atoms with Gasteiger partial charge in [-0.3, -0.25) is 14.9 Å². The maximum absolute atomic E-state index is 12.8. The third-order valence-electron chi connectivity index (χ3n) is 4.95. The Hall–Kier alpha value is -2.94. The topological polar surface area (TPSA) is 101 Å². The molecule has 3 rings (SSSR count). The fourth-order valence-electron chi connectivity index (χ4n) is 3.47. The number of ether oxygens (including phenoxy) is 1. The van der Waals surface area contributed by atoms with E-state index in [9.17, 15) is 14.4 Å². The minimum Gasteiger partial charge on any atom is -0.444 e. The third-order valence-corrected chi connectivity index (χ3v) is 5.75. The number of carbonyl (C=O) groups is 3. The van der Waals surface area contributed by atoms with Crippen LogP contribution in [0.4, 0.5) is 9.93 Å². The van der Waals surface area contributed by atoms with Crippen molar-refractivity contribution in [3.05, 3.63) is 47.0 Å². The first kappa shape index (κ1) is 23.7. The van der Waals surface area contributed by atoms with E-state index in [1.54, 1.807) is 29.6 Å². The molecule has 0 aliphatic carbocycles. The van der Waals surface area contributed by atoms with Gasteiger partial charge in [-0.1, -0.05) is 18.2 Å². The molecule has 1 atom stereocenters. The first-order chi connectivity index (χ1) is 15.2. The van der Waals surface area contributed by atoms with Gasteiger partial charge in [0.15, 0.2) is 5.13 Å². The van der Waals surface area contributed by atoms with E-state index in [1.807, 2.05) is 31.7 Å². The monoisotopic (exact) mass is 458 g/mol. The quantitative estimate of drug-likeness (QED) is 0.687. The number of likely N-dealkylation sites (tertiary alicyclic amines) is 1. The second-order valence-electron chi connectivity index (χ2n) is 8.87. The number of piperidine rings is 1. The van der Waals surface area contributed by atoms with Crippen LogP contribution >= 0.6 is 11.3 Å². The average molecular weight is 459 g/mol. The number of hydrogen-bond acceptors (Lipinski definition) is 6. The minimum absolute atomic E-state index is 0.00166. The van der Waals surface area contributed by atoms with E-state index < -0.39 is 11.7 Å². The summed E-state index contributed by atoms with van der Waals surface area (Å²) in [6.45, 7) is 7.24. The number of rotatable bonds is 6. The standard InChI is InChI=1S/C23H30N4O4S/c1-23(2,3)31-22(30)24-13-16-8-7-11-27(14-16)19(28)12-18-15-32-21(25-18)26-20(29)17-9-5-4-6-10-17/h4-6,9-10,15-16H,7-8,11-14H2,1-3H3,(H,24,30)(H,25,26,29)/t16-/m1/s1. The number of nitrogens with one attached hydrogen (secondary N) is 2. The molecule has 8 nitrogen and oxygen atoms in total. The van der Waals surface area contributed by atoms with Gasteiger partial charge in [0.1, 0.15) is 5.60 Å². The van der Waals surface area contributed by atoms with Gasteiger partial charge in [0.2, 0.25) is 5.91 Å². The van der Waals surface area contributed by atoms with Crippen molar-refractivity contribution in [2.75, 3.05) is 25.0 Å². The largest absolute Gasteiger partial charge is 0.444 e. The molecule has 32 heavy (non-hydrogen) atoms. The van der Waals surface area contributed by atoms with Crippen LogP contribution in [0, 0.1) is 5.92 Å². The Morgan fingerprint density at radius 3 is 2.69 bits per heavy atom. The summed E-state index contributed by atoms with van der Waals surface area (Å²) < 4.78 is 5.27. The Labute approximate surface area is 192 Å². The summed E-state index contributed by atoms with van der Waals surface area (Å²) in [5.41, 5.74) is 0.656. The normalized spacial score (nSPS) is 16.3. The predicted octanol–water partition coefficient (Wildman–Crippen LogP) is 3.70. The molecule has 0 bridgehead atoms. The first-order valence-electron chi connectivity index (χ1n) is 10.7. The smallest absolute Gasteiger partial charge is 0.407 e. The van der Waals surface area contributed by atoms with Crippen LogP contribution in [0.2, 0.25) is 0 Å². The molecule has 1 aromatic carbocycles. The van der Waals surface area contributed by atoms with Crippen molar-refractivity contribution in [3.63, 3.8) is 0 Å².